The van der Waals surface area contributed by atoms with Crippen molar-refractivity contribution >= 4 is 27.3 Å². The number of rotatable bonds is 7. The van der Waals surface area contributed by atoms with E-state index < -0.39 is 21.8 Å². The minimum absolute atomic E-state index is 0.0558. The van der Waals surface area contributed by atoms with Gasteiger partial charge in [0.25, 0.3) is 5.91 Å². The van der Waals surface area contributed by atoms with Gasteiger partial charge in [-0.1, -0.05) is 11.6 Å². The van der Waals surface area contributed by atoms with Gasteiger partial charge in [0, 0.05) is 30.1 Å². The van der Waals surface area contributed by atoms with Crippen LogP contribution in [0.5, 0.6) is 0 Å². The summed E-state index contributed by atoms with van der Waals surface area (Å²) >= 11 is 6.00. The van der Waals surface area contributed by atoms with Gasteiger partial charge in [0.15, 0.2) is 21.5 Å². The second-order valence-corrected chi connectivity index (χ2v) is 8.93. The zero-order chi connectivity index (χ0) is 22.6. The third-order valence-electron chi connectivity index (χ3n) is 4.18. The zero-order valence-corrected chi connectivity index (χ0v) is 18.1. The smallest absolute Gasteiger partial charge is 0.252 e. The second-order valence-electron chi connectivity index (χ2n) is 6.48. The van der Waals surface area contributed by atoms with Crippen LogP contribution in [0.3, 0.4) is 0 Å². The van der Waals surface area contributed by atoms with E-state index in [9.17, 15) is 13.2 Å². The molecule has 0 bridgehead atoms. The van der Waals surface area contributed by atoms with E-state index in [-0.39, 0.29) is 22.1 Å². The lowest BCUT2D eigenvalue weighted by atomic mass is 10.2. The van der Waals surface area contributed by atoms with Crippen molar-refractivity contribution in [1.82, 2.24) is 25.1 Å². The molecule has 0 fully saturated rings. The van der Waals surface area contributed by atoms with Crippen LogP contribution in [0.1, 0.15) is 27.8 Å². The number of hydrogen-bond acceptors (Lipinski definition) is 8. The van der Waals surface area contributed by atoms with Gasteiger partial charge in [-0.25, -0.2) is 18.4 Å². The van der Waals surface area contributed by atoms with Crippen molar-refractivity contribution in [3.8, 4) is 11.9 Å². The Morgan fingerprint density at radius 3 is 2.71 bits per heavy atom. The van der Waals surface area contributed by atoms with Crippen LogP contribution in [0, 0.1) is 11.3 Å². The number of halogens is 1. The maximum absolute atomic E-state index is 12.9. The van der Waals surface area contributed by atoms with Crippen molar-refractivity contribution in [2.45, 2.75) is 10.9 Å². The topological polar surface area (TPSA) is 140 Å². The molecule has 3 rings (SSSR count). The van der Waals surface area contributed by atoms with Crippen LogP contribution in [0.4, 0.5) is 0 Å². The Hall–Kier alpha value is -3.33. The molecule has 1 amide bonds. The third-order valence-corrected chi connectivity index (χ3v) is 5.49. The third kappa shape index (κ3) is 5.24. The number of methoxy groups -OCH3 is 1. The van der Waals surface area contributed by atoms with Crippen LogP contribution in [0.15, 0.2) is 47.8 Å². The summed E-state index contributed by atoms with van der Waals surface area (Å²) in [6.45, 7) is 0.0558. The number of nitrogens with one attached hydrogen (secondary N) is 1. The Balaban J connectivity index is 1.93. The minimum atomic E-state index is -3.56. The number of benzene rings is 1. The number of hydrogen-bond donors (Lipinski definition) is 1. The van der Waals surface area contributed by atoms with Crippen LogP contribution in [0.25, 0.3) is 5.82 Å². The fourth-order valence-electron chi connectivity index (χ4n) is 2.74. The molecular weight excluding hydrogens is 444 g/mol. The van der Waals surface area contributed by atoms with Gasteiger partial charge < -0.3 is 10.1 Å². The van der Waals surface area contributed by atoms with Crippen molar-refractivity contribution in [1.29, 1.82) is 5.26 Å². The number of ether oxygens (including phenoxy) is 1. The van der Waals surface area contributed by atoms with E-state index in [1.165, 1.54) is 42.5 Å². The molecule has 12 heteroatoms. The summed E-state index contributed by atoms with van der Waals surface area (Å²) in [5.74, 6) is 0.151. The molecule has 0 saturated heterocycles. The van der Waals surface area contributed by atoms with Crippen molar-refractivity contribution < 1.29 is 17.9 Å². The summed E-state index contributed by atoms with van der Waals surface area (Å²) in [6.07, 6.45) is 3.72. The molecule has 1 N–H and O–H groups in total. The van der Waals surface area contributed by atoms with Gasteiger partial charge in [-0.15, -0.1) is 0 Å². The molecule has 160 valence electrons. The fraction of sp³-hybridized carbons (Fsp3) is 0.211. The van der Waals surface area contributed by atoms with Gasteiger partial charge >= 0.3 is 0 Å². The van der Waals surface area contributed by atoms with E-state index in [1.807, 2.05) is 6.07 Å². The molecule has 31 heavy (non-hydrogen) atoms. The van der Waals surface area contributed by atoms with Crippen molar-refractivity contribution in [2.75, 3.05) is 20.0 Å². The Morgan fingerprint density at radius 2 is 2.10 bits per heavy atom. The first-order chi connectivity index (χ1) is 14.7. The molecule has 2 aromatic heterocycles. The van der Waals surface area contributed by atoms with Gasteiger partial charge in [-0.05, 0) is 30.3 Å². The number of carbonyl (C=O) groups is 1. The lowest BCUT2D eigenvalue weighted by Crippen LogP contribution is -2.33. The van der Waals surface area contributed by atoms with Gasteiger partial charge in [0.2, 0.25) is 0 Å². The maximum Gasteiger partial charge on any atom is 0.252 e. The second kappa shape index (κ2) is 9.22. The standard InChI is InChI=1S/C19H17ClN6O4S/c1-30-10-16(18-23-11-24-26(18)17-4-3-12(8-21)9-22-17)25-19(27)13-5-14(20)7-15(6-13)31(2,28)29/h3-7,9,11,16H,10H2,1-2H3,(H,25,27)/t16-/m0/s1. The Labute approximate surface area is 183 Å². The van der Waals surface area contributed by atoms with Crippen molar-refractivity contribution in [2.24, 2.45) is 0 Å². The van der Waals surface area contributed by atoms with Crippen LogP contribution >= 0.6 is 11.6 Å². The first kappa shape index (κ1) is 22.4. The lowest BCUT2D eigenvalue weighted by molar-refractivity contribution is 0.0890. The normalized spacial score (nSPS) is 12.2. The largest absolute Gasteiger partial charge is 0.382 e. The quantitative estimate of drug-likeness (QED) is 0.561. The highest BCUT2D eigenvalue weighted by Gasteiger charge is 2.23. The predicted molar refractivity (Wildman–Crippen MR) is 111 cm³/mol. The molecule has 0 aliphatic heterocycles. The number of aromatic nitrogens is 4. The molecule has 1 aromatic carbocycles. The minimum Gasteiger partial charge on any atom is -0.382 e. The molecule has 0 saturated carbocycles. The zero-order valence-electron chi connectivity index (χ0n) is 16.5. The summed E-state index contributed by atoms with van der Waals surface area (Å²) < 4.78 is 30.3. The first-order valence-electron chi connectivity index (χ1n) is 8.80. The SMILES string of the molecule is COC[C@H](NC(=O)c1cc(Cl)cc(S(C)(=O)=O)c1)c1ncnn1-c1ccc(C#N)cn1. The predicted octanol–water partition coefficient (Wildman–Crippen LogP) is 1.71. The van der Waals surface area contributed by atoms with Crippen LogP contribution in [-0.4, -0.2) is 54.0 Å². The van der Waals surface area contributed by atoms with Crippen molar-refractivity contribution in [3.05, 3.63) is 64.8 Å². The van der Waals surface area contributed by atoms with Crippen LogP contribution in [0.2, 0.25) is 5.02 Å². The van der Waals surface area contributed by atoms with Gasteiger partial charge in [-0.2, -0.15) is 15.0 Å². The molecular formula is C19H17ClN6O4S. The Kier molecular flexibility index (Phi) is 6.65. The van der Waals surface area contributed by atoms with Crippen LogP contribution in [-0.2, 0) is 14.6 Å². The molecule has 10 nitrogen and oxygen atoms in total. The molecule has 0 radical (unpaired) electrons. The molecule has 0 unspecified atom stereocenters. The van der Waals surface area contributed by atoms with E-state index >= 15 is 0 Å². The number of nitriles is 1. The molecule has 0 aliphatic carbocycles. The average molecular weight is 461 g/mol. The van der Waals surface area contributed by atoms with Gasteiger partial charge in [-0.3, -0.25) is 4.79 Å². The van der Waals surface area contributed by atoms with Gasteiger partial charge in [0.1, 0.15) is 18.4 Å². The number of nitrogens with zero attached hydrogens (tertiary/aromatic N) is 5. The summed E-state index contributed by atoms with van der Waals surface area (Å²) in [6, 6.07) is 8.30. The van der Waals surface area contributed by atoms with Crippen LogP contribution < -0.4 is 5.32 Å². The van der Waals surface area contributed by atoms with E-state index in [2.05, 4.69) is 20.4 Å². The molecule has 2 heterocycles. The monoisotopic (exact) mass is 460 g/mol. The Bertz CT molecular complexity index is 1250. The molecule has 0 aliphatic rings. The highest BCUT2D eigenvalue weighted by atomic mass is 35.5. The maximum atomic E-state index is 12.9. The summed E-state index contributed by atoms with van der Waals surface area (Å²) in [7, 11) is -2.10. The lowest BCUT2D eigenvalue weighted by Gasteiger charge is -2.18. The average Bonchev–Trinajstić information content (AvgIpc) is 3.22. The van der Waals surface area contributed by atoms with E-state index in [1.54, 1.807) is 12.1 Å². The number of sulfone groups is 1. The van der Waals surface area contributed by atoms with Crippen molar-refractivity contribution in [3.63, 3.8) is 0 Å². The van der Waals surface area contributed by atoms with E-state index in [4.69, 9.17) is 21.6 Å². The summed E-state index contributed by atoms with van der Waals surface area (Å²) in [5, 5.41) is 15.9. The first-order valence-corrected chi connectivity index (χ1v) is 11.1. The highest BCUT2D eigenvalue weighted by Crippen LogP contribution is 2.21. The summed E-state index contributed by atoms with van der Waals surface area (Å²) in [5.41, 5.74) is 0.450. The summed E-state index contributed by atoms with van der Waals surface area (Å²) in [4.78, 5) is 21.2. The Morgan fingerprint density at radius 1 is 1.32 bits per heavy atom. The molecule has 0 spiro atoms. The number of amides is 1. The van der Waals surface area contributed by atoms with E-state index in [0.29, 0.717) is 17.2 Å². The molecule has 3 aromatic rings. The fourth-order valence-corrected chi connectivity index (χ4v) is 3.72. The number of carbonyl (C=O) groups excluding carboxylic acids is 1. The van der Waals surface area contributed by atoms with Gasteiger partial charge in [0.05, 0.1) is 17.1 Å². The highest BCUT2D eigenvalue weighted by molar-refractivity contribution is 7.90. The number of pyridine rings is 1. The van der Waals surface area contributed by atoms with E-state index in [0.717, 1.165) is 6.26 Å². The molecule has 1 atom stereocenters.